The molecule has 0 unspecified atom stereocenters. The molecule has 5 nitrogen and oxygen atoms in total. The van der Waals surface area contributed by atoms with Gasteiger partial charge in [0.1, 0.15) is 5.01 Å². The van der Waals surface area contributed by atoms with Crippen LogP contribution in [0.4, 0.5) is 0 Å². The third-order valence-corrected chi connectivity index (χ3v) is 16.5. The zero-order chi connectivity index (χ0) is 47.4. The van der Waals surface area contributed by atoms with Crippen LogP contribution in [0, 0.1) is 0 Å². The lowest BCUT2D eigenvalue weighted by Crippen LogP contribution is -2.31. The van der Waals surface area contributed by atoms with Crippen LogP contribution in [0.2, 0.25) is 0 Å². The maximum absolute atomic E-state index is 15.0. The van der Waals surface area contributed by atoms with E-state index in [1.54, 1.807) is 22.7 Å². The summed E-state index contributed by atoms with van der Waals surface area (Å²) in [6.07, 6.45) is 43.8. The number of nitrogens with zero attached hydrogens (tertiary/aromatic N) is 3. The first-order valence-electron chi connectivity index (χ1n) is 27.9. The second kappa shape index (κ2) is 31.4. The number of amides is 2. The lowest BCUT2D eigenvalue weighted by Gasteiger charge is -2.24. The molecule has 0 saturated carbocycles. The molecule has 0 aliphatic carbocycles. The fourth-order valence-electron chi connectivity index (χ4n) is 10.3. The number of unbranched alkanes of at least 4 members (excludes halogenated alkanes) is 30. The van der Waals surface area contributed by atoms with Crippen LogP contribution in [0.5, 0.6) is 0 Å². The number of rotatable bonds is 38. The highest BCUT2D eigenvalue weighted by atomic mass is 32.1. The summed E-state index contributed by atoms with van der Waals surface area (Å²) >= 11 is 3.28. The summed E-state index contributed by atoms with van der Waals surface area (Å²) in [5.74, 6) is -0.0835. The number of carbonyl (C=O) groups is 2. The molecule has 2 amide bonds. The Balaban J connectivity index is 1.07. The normalized spacial score (nSPS) is 13.9. The van der Waals surface area contributed by atoms with E-state index in [2.05, 4.69) is 62.4 Å². The SMILES string of the molecule is CCCCCCCCCCCCCCCCCCN1C(=O)C2=C(c3ncc(-c4ccccc4)s3)N(CCCCCCCCCCCCCCCCCC)C(=O)C2=C1c1ccc(-c2ccccc2)s1. The zero-order valence-electron chi connectivity index (χ0n) is 42.5. The van der Waals surface area contributed by atoms with Crippen LogP contribution < -0.4 is 0 Å². The number of benzene rings is 2. The van der Waals surface area contributed by atoms with Gasteiger partial charge >= 0.3 is 0 Å². The van der Waals surface area contributed by atoms with Crippen molar-refractivity contribution in [2.45, 2.75) is 219 Å². The first-order chi connectivity index (χ1) is 33.6. The summed E-state index contributed by atoms with van der Waals surface area (Å²) in [6.45, 7) is 5.79. The molecule has 0 fully saturated rings. The second-order valence-electron chi connectivity index (χ2n) is 19.9. The van der Waals surface area contributed by atoms with Gasteiger partial charge in [0.25, 0.3) is 11.8 Å². The van der Waals surface area contributed by atoms with E-state index in [0.29, 0.717) is 24.2 Å². The van der Waals surface area contributed by atoms with Gasteiger partial charge in [-0.25, -0.2) is 4.98 Å². The number of hydrogen-bond donors (Lipinski definition) is 0. The molecule has 2 aliphatic rings. The van der Waals surface area contributed by atoms with E-state index >= 15 is 9.59 Å². The minimum atomic E-state index is -0.0418. The summed E-state index contributed by atoms with van der Waals surface area (Å²) in [5, 5.41) is 0.756. The van der Waals surface area contributed by atoms with Gasteiger partial charge < -0.3 is 9.80 Å². The third kappa shape index (κ3) is 16.7. The van der Waals surface area contributed by atoms with Gasteiger partial charge in [0.15, 0.2) is 0 Å². The van der Waals surface area contributed by atoms with Gasteiger partial charge in [-0.05, 0) is 36.1 Å². The Morgan fingerprint density at radius 3 is 1.12 bits per heavy atom. The molecule has 0 radical (unpaired) electrons. The van der Waals surface area contributed by atoms with Crippen molar-refractivity contribution in [1.82, 2.24) is 14.8 Å². The summed E-state index contributed by atoms with van der Waals surface area (Å²) in [4.78, 5) is 42.1. The molecule has 0 N–H and O–H groups in total. The molecule has 0 saturated heterocycles. The van der Waals surface area contributed by atoms with Crippen LogP contribution in [-0.4, -0.2) is 39.7 Å². The van der Waals surface area contributed by atoms with Crippen LogP contribution >= 0.6 is 22.7 Å². The average Bonchev–Trinajstić information content (AvgIpc) is 4.17. The lowest BCUT2D eigenvalue weighted by atomic mass is 10.0. The topological polar surface area (TPSA) is 53.5 Å². The van der Waals surface area contributed by atoms with Crippen LogP contribution in [0.25, 0.3) is 32.3 Å². The van der Waals surface area contributed by atoms with Crippen molar-refractivity contribution in [2.24, 2.45) is 0 Å². The number of aromatic nitrogens is 1. The molecular formula is C61H87N3O2S2. The quantitative estimate of drug-likeness (QED) is 0.0421. The summed E-state index contributed by atoms with van der Waals surface area (Å²) in [5.41, 5.74) is 4.91. The monoisotopic (exact) mass is 958 g/mol. The number of hydrogen-bond acceptors (Lipinski definition) is 5. The lowest BCUT2D eigenvalue weighted by molar-refractivity contribution is -0.124. The van der Waals surface area contributed by atoms with E-state index in [4.69, 9.17) is 4.98 Å². The summed E-state index contributed by atoms with van der Waals surface area (Å²) in [6, 6.07) is 25.1. The maximum atomic E-state index is 15.0. The standard InChI is InChI=1S/C61H87N3O2S2/c1-3-5-7-9-11-13-15-17-19-21-23-25-27-29-31-39-47-63-57(53-46-45-52(67-53)50-41-35-33-36-42-50)55-56(61(63)66)58(59-62-49-54(68-59)51-43-37-34-38-44-51)64(60(55)65)48-40-32-30-28-26-24-22-20-18-16-14-12-10-8-6-4-2/h33-38,41-46,49H,3-32,39-40,47-48H2,1-2H3. The van der Waals surface area contributed by atoms with Crippen LogP contribution in [0.3, 0.4) is 0 Å². The van der Waals surface area contributed by atoms with Gasteiger partial charge in [-0.1, -0.05) is 267 Å². The molecular weight excluding hydrogens is 871 g/mol. The average molecular weight is 959 g/mol. The molecule has 2 aromatic carbocycles. The van der Waals surface area contributed by atoms with Gasteiger partial charge in [-0.2, -0.15) is 0 Å². The highest BCUT2D eigenvalue weighted by molar-refractivity contribution is 7.17. The van der Waals surface area contributed by atoms with Gasteiger partial charge in [0.05, 0.1) is 32.3 Å². The van der Waals surface area contributed by atoms with Crippen molar-refractivity contribution in [3.8, 4) is 20.9 Å². The predicted molar refractivity (Wildman–Crippen MR) is 294 cm³/mol. The van der Waals surface area contributed by atoms with E-state index in [9.17, 15) is 0 Å². The summed E-state index contributed by atoms with van der Waals surface area (Å²) < 4.78 is 0. The number of fused-ring (bicyclic) bond motifs is 1. The van der Waals surface area contributed by atoms with Crippen molar-refractivity contribution in [2.75, 3.05) is 13.1 Å². The fourth-order valence-corrected chi connectivity index (χ4v) is 12.3. The van der Waals surface area contributed by atoms with E-state index in [1.165, 1.54) is 180 Å². The van der Waals surface area contributed by atoms with Crippen molar-refractivity contribution in [1.29, 1.82) is 0 Å². The van der Waals surface area contributed by atoms with Crippen molar-refractivity contribution in [3.05, 3.63) is 100 Å². The number of carbonyl (C=O) groups excluding carboxylic acids is 2. The first-order valence-corrected chi connectivity index (χ1v) is 29.6. The van der Waals surface area contributed by atoms with E-state index in [0.717, 1.165) is 67.8 Å². The smallest absolute Gasteiger partial charge is 0.261 e. The zero-order valence-corrected chi connectivity index (χ0v) is 44.2. The molecule has 0 bridgehead atoms. The van der Waals surface area contributed by atoms with Crippen LogP contribution in [0.1, 0.15) is 229 Å². The number of thiazole rings is 1. The molecule has 6 rings (SSSR count). The molecule has 370 valence electrons. The Morgan fingerprint density at radius 1 is 0.368 bits per heavy atom. The minimum absolute atomic E-state index is 0.0418. The molecule has 0 spiro atoms. The molecule has 2 aliphatic heterocycles. The highest BCUT2D eigenvalue weighted by Crippen LogP contribution is 2.49. The van der Waals surface area contributed by atoms with Crippen molar-refractivity contribution < 1.29 is 9.59 Å². The molecule has 2 aromatic heterocycles. The largest absolute Gasteiger partial charge is 0.306 e. The van der Waals surface area contributed by atoms with Gasteiger partial charge in [-0.3, -0.25) is 9.59 Å². The minimum Gasteiger partial charge on any atom is -0.306 e. The van der Waals surface area contributed by atoms with Crippen LogP contribution in [0.15, 0.2) is 90.1 Å². The number of thiophene rings is 1. The van der Waals surface area contributed by atoms with Crippen molar-refractivity contribution >= 4 is 45.9 Å². The fraction of sp³-hybridized carbons (Fsp3) is 0.590. The Labute approximate surface area is 421 Å². The third-order valence-electron chi connectivity index (χ3n) is 14.3. The van der Waals surface area contributed by atoms with Gasteiger partial charge in [-0.15, -0.1) is 22.7 Å². The van der Waals surface area contributed by atoms with Crippen LogP contribution in [-0.2, 0) is 9.59 Å². The van der Waals surface area contributed by atoms with E-state index in [1.807, 2.05) is 40.3 Å². The Hall–Kier alpha value is -3.81. The van der Waals surface area contributed by atoms with E-state index in [-0.39, 0.29) is 11.8 Å². The molecule has 4 heterocycles. The van der Waals surface area contributed by atoms with Gasteiger partial charge in [0, 0.05) is 24.2 Å². The van der Waals surface area contributed by atoms with Gasteiger partial charge in [0.2, 0.25) is 0 Å². The molecule has 4 aromatic rings. The highest BCUT2D eigenvalue weighted by Gasteiger charge is 2.49. The molecule has 7 heteroatoms. The predicted octanol–water partition coefficient (Wildman–Crippen LogP) is 18.9. The molecule has 68 heavy (non-hydrogen) atoms. The Kier molecular flexibility index (Phi) is 24.7. The maximum Gasteiger partial charge on any atom is 0.261 e. The Bertz CT molecular complexity index is 1950. The van der Waals surface area contributed by atoms with Crippen molar-refractivity contribution in [3.63, 3.8) is 0 Å². The second-order valence-corrected chi connectivity index (χ2v) is 22.0. The van der Waals surface area contributed by atoms with E-state index < -0.39 is 0 Å². The summed E-state index contributed by atoms with van der Waals surface area (Å²) in [7, 11) is 0. The first kappa shape index (κ1) is 53.5. The Morgan fingerprint density at radius 2 is 0.706 bits per heavy atom. The molecule has 0 atom stereocenters.